The van der Waals surface area contributed by atoms with Crippen LogP contribution in [0, 0.1) is 11.8 Å². The maximum Gasteiger partial charge on any atom is 0.306 e. The lowest BCUT2D eigenvalue weighted by molar-refractivity contribution is -0.189. The third-order valence-electron chi connectivity index (χ3n) is 9.34. The summed E-state index contributed by atoms with van der Waals surface area (Å²) < 4.78 is 18.5. The van der Waals surface area contributed by atoms with Gasteiger partial charge >= 0.3 is 5.97 Å². The maximum absolute atomic E-state index is 12.9. The smallest absolute Gasteiger partial charge is 0.306 e. The number of ether oxygens (including phenoxy) is 3. The van der Waals surface area contributed by atoms with Crippen molar-refractivity contribution in [3.63, 3.8) is 0 Å². The number of hydrogen-bond donors (Lipinski definition) is 4. The molecular formula is C26H47N3O5. The summed E-state index contributed by atoms with van der Waals surface area (Å²) in [5, 5.41) is 15.3. The van der Waals surface area contributed by atoms with Crippen molar-refractivity contribution in [3.8, 4) is 0 Å². The maximum atomic E-state index is 12.9. The second-order valence-corrected chi connectivity index (χ2v) is 11.8. The van der Waals surface area contributed by atoms with E-state index < -0.39 is 17.3 Å². The highest BCUT2D eigenvalue weighted by atomic mass is 16.6. The first-order chi connectivity index (χ1) is 16.1. The van der Waals surface area contributed by atoms with Crippen molar-refractivity contribution in [2.45, 2.75) is 132 Å². The van der Waals surface area contributed by atoms with E-state index in [1.165, 1.54) is 0 Å². The third kappa shape index (κ3) is 5.47. The second-order valence-electron chi connectivity index (χ2n) is 11.8. The van der Waals surface area contributed by atoms with Gasteiger partial charge < -0.3 is 36.1 Å². The molecule has 0 amide bonds. The fraction of sp³-hybridized carbons (Fsp3) is 0.962. The first-order valence-corrected chi connectivity index (χ1v) is 13.5. The summed E-state index contributed by atoms with van der Waals surface area (Å²) in [7, 11) is 1.65. The molecule has 4 aliphatic rings. The minimum atomic E-state index is -1.08. The van der Waals surface area contributed by atoms with Gasteiger partial charge in [0.2, 0.25) is 0 Å². The van der Waals surface area contributed by atoms with Crippen molar-refractivity contribution in [2.75, 3.05) is 13.7 Å². The number of carbonyl (C=O) groups is 1. The van der Waals surface area contributed by atoms with E-state index >= 15 is 0 Å². The number of nitrogens with one attached hydrogen (secondary N) is 1. The minimum Gasteiger partial charge on any atom is -0.460 e. The third-order valence-corrected chi connectivity index (χ3v) is 9.34. The first kappa shape index (κ1) is 26.3. The minimum absolute atomic E-state index is 0.164. The lowest BCUT2D eigenvalue weighted by Gasteiger charge is -2.48. The summed E-state index contributed by atoms with van der Waals surface area (Å²) in [6.45, 7) is 4.42. The molecular weight excluding hydrogens is 434 g/mol. The molecule has 0 aromatic heterocycles. The molecule has 3 aliphatic carbocycles. The fourth-order valence-electron chi connectivity index (χ4n) is 7.08. The van der Waals surface area contributed by atoms with Crippen LogP contribution in [-0.4, -0.2) is 72.4 Å². The predicted octanol–water partition coefficient (Wildman–Crippen LogP) is 2.00. The number of methoxy groups -OCH3 is 1. The van der Waals surface area contributed by atoms with Gasteiger partial charge in [-0.15, -0.1) is 0 Å². The summed E-state index contributed by atoms with van der Waals surface area (Å²) >= 11 is 0. The summed E-state index contributed by atoms with van der Waals surface area (Å²) in [6, 6.07) is 0.988. The van der Waals surface area contributed by atoms with Gasteiger partial charge in [-0.25, -0.2) is 0 Å². The molecule has 6 N–H and O–H groups in total. The molecule has 1 saturated heterocycles. The van der Waals surface area contributed by atoms with Gasteiger partial charge in [0.25, 0.3) is 0 Å². The zero-order valence-electron chi connectivity index (χ0n) is 21.3. The molecule has 6 unspecified atom stereocenters. The van der Waals surface area contributed by atoms with Crippen LogP contribution in [0.5, 0.6) is 0 Å². The van der Waals surface area contributed by atoms with Crippen molar-refractivity contribution in [1.82, 2.24) is 5.32 Å². The van der Waals surface area contributed by atoms with Gasteiger partial charge in [0.05, 0.1) is 23.2 Å². The average molecular weight is 482 g/mol. The van der Waals surface area contributed by atoms with Gasteiger partial charge in [-0.1, -0.05) is 0 Å². The van der Waals surface area contributed by atoms with Crippen molar-refractivity contribution in [3.05, 3.63) is 0 Å². The Labute approximate surface area is 204 Å². The number of aliphatic hydroxyl groups is 1. The zero-order chi connectivity index (χ0) is 24.5. The molecule has 4 rings (SSSR count). The standard InChI is InChI=1S/C26H47N3O5/c1-16-25(2,31)24-23(32-3)21(33-22(30)14-17-4-6-18(27)7-5-17)12-13-26(24,34-16)15-29-20-10-8-19(28)9-11-20/h16-21,23-24,29,31H,4-15,27-28H2,1-3H3. The highest BCUT2D eigenvalue weighted by Crippen LogP contribution is 2.52. The van der Waals surface area contributed by atoms with Crippen LogP contribution < -0.4 is 16.8 Å². The van der Waals surface area contributed by atoms with Crippen molar-refractivity contribution in [1.29, 1.82) is 0 Å². The SMILES string of the molecule is COC1C(OC(=O)CC2CCC(N)CC2)CCC2(CNC3CCC(N)CC3)OC(C)C(C)(O)C12. The molecule has 3 saturated carbocycles. The summed E-state index contributed by atoms with van der Waals surface area (Å²) in [5.74, 6) is -0.109. The van der Waals surface area contributed by atoms with Gasteiger partial charge in [-0.05, 0) is 84.0 Å². The van der Waals surface area contributed by atoms with Gasteiger partial charge in [0, 0.05) is 38.2 Å². The molecule has 1 heterocycles. The predicted molar refractivity (Wildman–Crippen MR) is 130 cm³/mol. The lowest BCUT2D eigenvalue weighted by Crippen LogP contribution is -2.62. The van der Waals surface area contributed by atoms with E-state index in [1.54, 1.807) is 7.11 Å². The molecule has 0 radical (unpaired) electrons. The summed E-state index contributed by atoms with van der Waals surface area (Å²) in [4.78, 5) is 12.9. The van der Waals surface area contributed by atoms with Crippen molar-refractivity contribution >= 4 is 5.97 Å². The fourth-order valence-corrected chi connectivity index (χ4v) is 7.08. The van der Waals surface area contributed by atoms with E-state index in [0.29, 0.717) is 43.8 Å². The summed E-state index contributed by atoms with van der Waals surface area (Å²) in [5.41, 5.74) is 10.5. The van der Waals surface area contributed by atoms with E-state index in [0.717, 1.165) is 51.4 Å². The van der Waals surface area contributed by atoms with Crippen LogP contribution in [0.4, 0.5) is 0 Å². The molecule has 1 aliphatic heterocycles. The van der Waals surface area contributed by atoms with Gasteiger partial charge in [-0.2, -0.15) is 0 Å². The number of nitrogens with two attached hydrogens (primary N) is 2. The number of hydrogen-bond acceptors (Lipinski definition) is 8. The van der Waals surface area contributed by atoms with E-state index in [4.69, 9.17) is 25.7 Å². The molecule has 196 valence electrons. The monoisotopic (exact) mass is 481 g/mol. The molecule has 4 fully saturated rings. The Bertz CT molecular complexity index is 690. The van der Waals surface area contributed by atoms with Gasteiger partial charge in [0.1, 0.15) is 12.2 Å². The largest absolute Gasteiger partial charge is 0.460 e. The average Bonchev–Trinajstić information content (AvgIpc) is 3.01. The molecule has 0 aromatic carbocycles. The number of rotatable bonds is 7. The van der Waals surface area contributed by atoms with Crippen LogP contribution in [0.15, 0.2) is 0 Å². The molecule has 8 heteroatoms. The van der Waals surface area contributed by atoms with Crippen LogP contribution in [0.2, 0.25) is 0 Å². The van der Waals surface area contributed by atoms with Crippen LogP contribution in [0.1, 0.15) is 84.5 Å². The normalized spacial score (nSPS) is 47.2. The summed E-state index contributed by atoms with van der Waals surface area (Å²) in [6.07, 6.45) is 8.80. The molecule has 8 nitrogen and oxygen atoms in total. The molecule has 34 heavy (non-hydrogen) atoms. The van der Waals surface area contributed by atoms with Crippen LogP contribution in [-0.2, 0) is 19.0 Å². The van der Waals surface area contributed by atoms with Crippen molar-refractivity contribution < 1.29 is 24.1 Å². The molecule has 0 bridgehead atoms. The Balaban J connectivity index is 1.42. The Morgan fingerprint density at radius 2 is 1.68 bits per heavy atom. The quantitative estimate of drug-likeness (QED) is 0.406. The van der Waals surface area contributed by atoms with Crippen LogP contribution >= 0.6 is 0 Å². The second kappa shape index (κ2) is 10.7. The Morgan fingerprint density at radius 3 is 2.29 bits per heavy atom. The van der Waals surface area contributed by atoms with E-state index in [2.05, 4.69) is 5.32 Å². The molecule has 0 aromatic rings. The molecule has 0 spiro atoms. The Morgan fingerprint density at radius 1 is 1.06 bits per heavy atom. The van der Waals surface area contributed by atoms with Crippen LogP contribution in [0.3, 0.4) is 0 Å². The number of fused-ring (bicyclic) bond motifs is 1. The molecule has 6 atom stereocenters. The van der Waals surface area contributed by atoms with Crippen molar-refractivity contribution in [2.24, 2.45) is 23.3 Å². The van der Waals surface area contributed by atoms with E-state index in [-0.39, 0.29) is 30.1 Å². The van der Waals surface area contributed by atoms with E-state index in [1.807, 2.05) is 13.8 Å². The Hall–Kier alpha value is -0.770. The van der Waals surface area contributed by atoms with Gasteiger partial charge in [0.15, 0.2) is 0 Å². The topological polar surface area (TPSA) is 129 Å². The first-order valence-electron chi connectivity index (χ1n) is 13.5. The lowest BCUT2D eigenvalue weighted by atomic mass is 9.66. The Kier molecular flexibility index (Phi) is 8.27. The highest BCUT2D eigenvalue weighted by Gasteiger charge is 2.65. The van der Waals surface area contributed by atoms with Crippen LogP contribution in [0.25, 0.3) is 0 Å². The number of carbonyl (C=O) groups excluding carboxylic acids is 1. The zero-order valence-corrected chi connectivity index (χ0v) is 21.3. The number of esters is 1. The highest BCUT2D eigenvalue weighted by molar-refractivity contribution is 5.70. The van der Waals surface area contributed by atoms with E-state index in [9.17, 15) is 9.90 Å². The van der Waals surface area contributed by atoms with Gasteiger partial charge in [-0.3, -0.25) is 4.79 Å².